The minimum absolute atomic E-state index is 0.154. The molecule has 0 heterocycles. The standard InChI is InChI=1S/C14H12BrN3O5S/c15-10-4-3-5-11(8-10)17(9-14(16)19)24(22,23)13-7-2-1-6-12(13)18(20)21/h1-8H,9H2,(H2,16,19). The molecule has 0 bridgehead atoms. The highest BCUT2D eigenvalue weighted by Gasteiger charge is 2.32. The Morgan fingerprint density at radius 3 is 2.46 bits per heavy atom. The quantitative estimate of drug-likeness (QED) is 0.572. The number of anilines is 1. The molecule has 0 saturated heterocycles. The molecule has 0 atom stereocenters. The molecule has 2 rings (SSSR count). The van der Waals surface area contributed by atoms with Gasteiger partial charge in [0.1, 0.15) is 6.54 Å². The Hall–Kier alpha value is -2.46. The molecular formula is C14H12BrN3O5S. The van der Waals surface area contributed by atoms with Gasteiger partial charge in [-0.05, 0) is 24.3 Å². The Morgan fingerprint density at radius 1 is 1.21 bits per heavy atom. The number of carbonyl (C=O) groups is 1. The number of primary amides is 1. The van der Waals surface area contributed by atoms with Crippen LogP contribution >= 0.6 is 15.9 Å². The number of halogens is 1. The number of nitrogens with zero attached hydrogens (tertiary/aromatic N) is 2. The molecule has 1 amide bonds. The number of hydrogen-bond donors (Lipinski definition) is 1. The van der Waals surface area contributed by atoms with E-state index in [9.17, 15) is 23.3 Å². The van der Waals surface area contributed by atoms with Gasteiger partial charge in [-0.25, -0.2) is 8.42 Å². The molecule has 24 heavy (non-hydrogen) atoms. The lowest BCUT2D eigenvalue weighted by atomic mass is 10.3. The molecule has 0 radical (unpaired) electrons. The van der Waals surface area contributed by atoms with Crippen LogP contribution < -0.4 is 10.0 Å². The summed E-state index contributed by atoms with van der Waals surface area (Å²) >= 11 is 3.21. The Kier molecular flexibility index (Phi) is 5.20. The van der Waals surface area contributed by atoms with E-state index in [4.69, 9.17) is 5.73 Å². The molecule has 0 unspecified atom stereocenters. The average Bonchev–Trinajstić information content (AvgIpc) is 2.52. The van der Waals surface area contributed by atoms with Gasteiger partial charge in [-0.15, -0.1) is 0 Å². The largest absolute Gasteiger partial charge is 0.368 e. The van der Waals surface area contributed by atoms with Gasteiger partial charge in [0.05, 0.1) is 10.6 Å². The number of hydrogen-bond acceptors (Lipinski definition) is 5. The summed E-state index contributed by atoms with van der Waals surface area (Å²) in [5.41, 5.74) is 4.72. The van der Waals surface area contributed by atoms with Crippen molar-refractivity contribution < 1.29 is 18.1 Å². The van der Waals surface area contributed by atoms with E-state index in [0.717, 1.165) is 16.4 Å². The zero-order chi connectivity index (χ0) is 17.9. The Balaban J connectivity index is 2.65. The predicted molar refractivity (Wildman–Crippen MR) is 91.0 cm³/mol. The van der Waals surface area contributed by atoms with Crippen LogP contribution in [0.2, 0.25) is 0 Å². The molecule has 2 aromatic rings. The van der Waals surface area contributed by atoms with Gasteiger partial charge in [0.25, 0.3) is 15.7 Å². The van der Waals surface area contributed by atoms with Crippen molar-refractivity contribution in [2.75, 3.05) is 10.8 Å². The molecule has 0 aliphatic heterocycles. The normalized spacial score (nSPS) is 11.0. The van der Waals surface area contributed by atoms with Crippen molar-refractivity contribution in [1.29, 1.82) is 0 Å². The van der Waals surface area contributed by atoms with Gasteiger partial charge in [-0.2, -0.15) is 0 Å². The van der Waals surface area contributed by atoms with Gasteiger partial charge in [0.2, 0.25) is 5.91 Å². The van der Waals surface area contributed by atoms with Crippen molar-refractivity contribution in [3.05, 3.63) is 63.1 Å². The SMILES string of the molecule is NC(=O)CN(c1cccc(Br)c1)S(=O)(=O)c1ccccc1[N+](=O)[O-]. The van der Waals surface area contributed by atoms with Gasteiger partial charge < -0.3 is 5.73 Å². The number of rotatable bonds is 6. The number of benzene rings is 2. The van der Waals surface area contributed by atoms with Gasteiger partial charge in [0, 0.05) is 10.5 Å². The summed E-state index contributed by atoms with van der Waals surface area (Å²) in [6.45, 7) is -0.648. The molecule has 2 aromatic carbocycles. The van der Waals surface area contributed by atoms with E-state index in [1.807, 2.05) is 0 Å². The van der Waals surface area contributed by atoms with Crippen LogP contribution in [0, 0.1) is 10.1 Å². The first-order valence-electron chi connectivity index (χ1n) is 6.53. The maximum Gasteiger partial charge on any atom is 0.289 e. The average molecular weight is 414 g/mol. The van der Waals surface area contributed by atoms with E-state index < -0.39 is 38.0 Å². The summed E-state index contributed by atoms with van der Waals surface area (Å²) in [5, 5.41) is 11.1. The van der Waals surface area contributed by atoms with Gasteiger partial charge in [0.15, 0.2) is 4.90 Å². The molecule has 126 valence electrons. The summed E-state index contributed by atoms with van der Waals surface area (Å²) in [6.07, 6.45) is 0. The zero-order valence-electron chi connectivity index (χ0n) is 12.1. The minimum atomic E-state index is -4.37. The van der Waals surface area contributed by atoms with Crippen LogP contribution in [0.15, 0.2) is 57.9 Å². The number of nitro groups is 1. The van der Waals surface area contributed by atoms with E-state index in [0.29, 0.717) is 4.47 Å². The van der Waals surface area contributed by atoms with Crippen LogP contribution in [-0.2, 0) is 14.8 Å². The third-order valence-corrected chi connectivity index (χ3v) is 5.34. The number of carbonyl (C=O) groups excluding carboxylic acids is 1. The van der Waals surface area contributed by atoms with Crippen molar-refractivity contribution in [3.63, 3.8) is 0 Å². The first kappa shape index (κ1) is 17.9. The monoisotopic (exact) mass is 413 g/mol. The lowest BCUT2D eigenvalue weighted by Crippen LogP contribution is -2.38. The summed E-state index contributed by atoms with van der Waals surface area (Å²) in [7, 11) is -4.37. The predicted octanol–water partition coefficient (Wildman–Crippen LogP) is 2.04. The first-order valence-corrected chi connectivity index (χ1v) is 8.77. The fraction of sp³-hybridized carbons (Fsp3) is 0.0714. The smallest absolute Gasteiger partial charge is 0.289 e. The highest BCUT2D eigenvalue weighted by Crippen LogP contribution is 2.30. The maximum atomic E-state index is 12.9. The molecule has 0 spiro atoms. The lowest BCUT2D eigenvalue weighted by molar-refractivity contribution is -0.387. The van der Waals surface area contributed by atoms with Crippen LogP contribution in [0.5, 0.6) is 0 Å². The number of sulfonamides is 1. The molecule has 10 heteroatoms. The van der Waals surface area contributed by atoms with Crippen molar-refractivity contribution in [2.45, 2.75) is 4.90 Å². The Labute approximate surface area is 146 Å². The fourth-order valence-electron chi connectivity index (χ4n) is 2.03. The third-order valence-electron chi connectivity index (χ3n) is 3.03. The van der Waals surface area contributed by atoms with E-state index in [-0.39, 0.29) is 5.69 Å². The molecule has 0 saturated carbocycles. The fourth-order valence-corrected chi connectivity index (χ4v) is 4.00. The van der Waals surface area contributed by atoms with E-state index >= 15 is 0 Å². The number of nitrogens with two attached hydrogens (primary N) is 1. The minimum Gasteiger partial charge on any atom is -0.368 e. The Bertz CT molecular complexity index is 901. The van der Waals surface area contributed by atoms with E-state index in [2.05, 4.69) is 15.9 Å². The summed E-state index contributed by atoms with van der Waals surface area (Å²) < 4.78 is 27.1. The maximum absolute atomic E-state index is 12.9. The lowest BCUT2D eigenvalue weighted by Gasteiger charge is -2.23. The van der Waals surface area contributed by atoms with Gasteiger partial charge >= 0.3 is 0 Å². The van der Waals surface area contributed by atoms with Crippen molar-refractivity contribution in [3.8, 4) is 0 Å². The molecule has 0 aliphatic rings. The molecule has 8 nitrogen and oxygen atoms in total. The van der Waals surface area contributed by atoms with Crippen molar-refractivity contribution >= 4 is 43.2 Å². The number of para-hydroxylation sites is 1. The second kappa shape index (κ2) is 6.97. The molecule has 0 fully saturated rings. The third kappa shape index (κ3) is 3.71. The zero-order valence-corrected chi connectivity index (χ0v) is 14.5. The van der Waals surface area contributed by atoms with Crippen molar-refractivity contribution in [1.82, 2.24) is 0 Å². The van der Waals surface area contributed by atoms with Crippen LogP contribution in [0.25, 0.3) is 0 Å². The van der Waals surface area contributed by atoms with Gasteiger partial charge in [-0.1, -0.05) is 34.1 Å². The highest BCUT2D eigenvalue weighted by atomic mass is 79.9. The Morgan fingerprint density at radius 2 is 1.88 bits per heavy atom. The van der Waals surface area contributed by atoms with Crippen LogP contribution in [0.3, 0.4) is 0 Å². The summed E-state index contributed by atoms with van der Waals surface area (Å²) in [6, 6.07) is 11.1. The summed E-state index contributed by atoms with van der Waals surface area (Å²) in [5.74, 6) is -0.892. The topological polar surface area (TPSA) is 124 Å². The number of nitro benzene ring substituents is 1. The van der Waals surface area contributed by atoms with Crippen molar-refractivity contribution in [2.24, 2.45) is 5.73 Å². The molecule has 0 aliphatic carbocycles. The van der Waals surface area contributed by atoms with E-state index in [1.165, 1.54) is 24.3 Å². The second-order valence-electron chi connectivity index (χ2n) is 4.68. The molecule has 0 aromatic heterocycles. The first-order chi connectivity index (χ1) is 11.2. The number of amides is 1. The van der Waals surface area contributed by atoms with Crippen LogP contribution in [-0.4, -0.2) is 25.8 Å². The second-order valence-corrected chi connectivity index (χ2v) is 7.43. The van der Waals surface area contributed by atoms with Crippen LogP contribution in [0.4, 0.5) is 11.4 Å². The molecule has 2 N–H and O–H groups in total. The summed E-state index contributed by atoms with van der Waals surface area (Å²) in [4.78, 5) is 21.1. The van der Waals surface area contributed by atoms with E-state index in [1.54, 1.807) is 12.1 Å². The molecular weight excluding hydrogens is 402 g/mol. The van der Waals surface area contributed by atoms with Crippen LogP contribution in [0.1, 0.15) is 0 Å². The highest BCUT2D eigenvalue weighted by molar-refractivity contribution is 9.10. The van der Waals surface area contributed by atoms with Gasteiger partial charge in [-0.3, -0.25) is 19.2 Å².